The normalized spacial score (nSPS) is 15.8. The van der Waals surface area contributed by atoms with Crippen LogP contribution in [0.3, 0.4) is 0 Å². The number of aryl methyl sites for hydroxylation is 3. The highest BCUT2D eigenvalue weighted by Gasteiger charge is 2.32. The van der Waals surface area contributed by atoms with E-state index in [0.29, 0.717) is 80.3 Å². The van der Waals surface area contributed by atoms with Crippen molar-refractivity contribution in [1.29, 1.82) is 0 Å². The number of aliphatic carboxylic acids is 1. The van der Waals surface area contributed by atoms with Crippen LogP contribution in [0, 0.1) is 0 Å². The van der Waals surface area contributed by atoms with Crippen LogP contribution in [0.1, 0.15) is 63.4 Å². The molecule has 0 radical (unpaired) electrons. The zero-order valence-electron chi connectivity index (χ0n) is 53.6. The number of carbonyl (C=O) groups is 3. The van der Waals surface area contributed by atoms with Crippen molar-refractivity contribution in [3.63, 3.8) is 0 Å². The van der Waals surface area contributed by atoms with Gasteiger partial charge in [0.25, 0.3) is 16.7 Å². The summed E-state index contributed by atoms with van der Waals surface area (Å²) < 4.78 is 38.5. The topological polar surface area (TPSA) is 265 Å². The fraction of sp³-hybridized carbons (Fsp3) is 0.446. The number of methoxy groups -OCH3 is 6. The molecule has 3 aromatic heterocycles. The third-order valence-corrected chi connectivity index (χ3v) is 16.1. The number of amides is 1. The SMILES string of the molecule is CCC(=O)C1Cc2c(c(-c3cc(OC)c(CN(C)C)c(OC)c3)cn(C)c2=O)CN1.COc1cc(-c2cn(C)c(=O)c3c2CNC(C(=O)O)C3)cc(OC)c1CN(C)C.COc1cc(-c2cn(C)c(=O)c3c2CNC(C(N)=O)C3)cc(OC)c1CN(C)C. The van der Waals surface area contributed by atoms with Crippen LogP contribution in [0.5, 0.6) is 34.5 Å². The van der Waals surface area contributed by atoms with Gasteiger partial charge in [-0.25, -0.2) is 0 Å². The summed E-state index contributed by atoms with van der Waals surface area (Å²) in [7, 11) is 26.8. The van der Waals surface area contributed by atoms with Gasteiger partial charge in [0.2, 0.25) is 5.91 Å². The Hall–Kier alpha value is -8.32. The van der Waals surface area contributed by atoms with Crippen molar-refractivity contribution < 1.29 is 47.9 Å². The quantitative estimate of drug-likeness (QED) is 0.0768. The molecule has 3 aromatic carbocycles. The van der Waals surface area contributed by atoms with E-state index < -0.39 is 24.0 Å². The molecular formula is C65H86N10O13. The summed E-state index contributed by atoms with van der Waals surface area (Å²) in [5, 5.41) is 18.8. The van der Waals surface area contributed by atoms with Gasteiger partial charge in [-0.05, 0) is 112 Å². The van der Waals surface area contributed by atoms with E-state index in [1.54, 1.807) is 79.1 Å². The number of ether oxygens (including phenoxy) is 6. The Kier molecular flexibility index (Phi) is 22.2. The number of Topliss-reactive ketones (excluding diaryl/α,β-unsaturated/α-hetero) is 1. The first-order valence-electron chi connectivity index (χ1n) is 28.9. The molecule has 0 fully saturated rings. The summed E-state index contributed by atoms with van der Waals surface area (Å²) >= 11 is 0. The van der Waals surface area contributed by atoms with Crippen molar-refractivity contribution in [3.05, 3.63) is 136 Å². The van der Waals surface area contributed by atoms with Gasteiger partial charge in [-0.2, -0.15) is 0 Å². The van der Waals surface area contributed by atoms with Gasteiger partial charge in [-0.1, -0.05) is 6.92 Å². The molecule has 474 valence electrons. The van der Waals surface area contributed by atoms with Crippen molar-refractivity contribution >= 4 is 17.7 Å². The maximum atomic E-state index is 12.8. The van der Waals surface area contributed by atoms with E-state index in [9.17, 15) is 33.9 Å². The average Bonchev–Trinajstić information content (AvgIpc) is 0.880. The number of primary amides is 1. The minimum Gasteiger partial charge on any atom is -0.496 e. The number of fused-ring (bicyclic) bond motifs is 3. The summed E-state index contributed by atoms with van der Waals surface area (Å²) in [5.41, 5.74) is 17.8. The second-order valence-corrected chi connectivity index (χ2v) is 23.0. The van der Waals surface area contributed by atoms with E-state index in [-0.39, 0.29) is 41.3 Å². The molecule has 6 aromatic rings. The molecule has 0 spiro atoms. The van der Waals surface area contributed by atoms with Crippen LogP contribution in [0.25, 0.3) is 33.4 Å². The molecule has 23 nitrogen and oxygen atoms in total. The first-order chi connectivity index (χ1) is 41.8. The third kappa shape index (κ3) is 14.6. The lowest BCUT2D eigenvalue weighted by Crippen LogP contribution is -2.47. The predicted octanol–water partition coefficient (Wildman–Crippen LogP) is 3.99. The minimum atomic E-state index is -0.959. The maximum absolute atomic E-state index is 12.8. The van der Waals surface area contributed by atoms with Gasteiger partial charge in [-0.3, -0.25) is 34.1 Å². The molecule has 0 saturated heterocycles. The Labute approximate surface area is 513 Å². The molecule has 0 saturated carbocycles. The number of hydrogen-bond acceptors (Lipinski definition) is 18. The zero-order valence-corrected chi connectivity index (χ0v) is 53.6. The first kappa shape index (κ1) is 67.2. The molecule has 23 heteroatoms. The number of benzene rings is 3. The van der Waals surface area contributed by atoms with Crippen molar-refractivity contribution in [2.75, 3.05) is 84.9 Å². The molecule has 6 heterocycles. The number of nitrogens with zero attached hydrogens (tertiary/aromatic N) is 6. The molecule has 3 atom stereocenters. The lowest BCUT2D eigenvalue weighted by Gasteiger charge is -2.27. The first-order valence-corrected chi connectivity index (χ1v) is 28.9. The largest absolute Gasteiger partial charge is 0.496 e. The van der Waals surface area contributed by atoms with E-state index in [4.69, 9.17) is 34.2 Å². The number of ketones is 1. The van der Waals surface area contributed by atoms with Crippen molar-refractivity contribution in [2.24, 2.45) is 26.9 Å². The summed E-state index contributed by atoms with van der Waals surface area (Å²) in [6.07, 6.45) is 6.74. The standard InChI is InChI=1S/C23H31N3O4.C21H28N4O4.C21H27N3O5/c1-7-20(27)19-10-15-16(11-24-19)17(13-26(4)23(15)28)14-8-21(29-5)18(12-25(2)3)22(9-14)30-6;1-24(2)10-16-18(28-4)6-12(7-19(16)29-5)15-11-25(3)21(27)13-8-17(20(22)26)23-9-14(13)15;1-23(2)10-16-18(28-4)6-12(7-19(16)29-5)15-11-24(3)20(25)13-8-17(21(26)27)22-9-14(13)15/h8-9,13,19,24H,7,10-12H2,1-6H3;6-7,11,17,23H,8-10H2,1-5H3,(H2,22,26);6-7,11,17,22H,8-10H2,1-5H3,(H,26,27). The number of nitrogens with one attached hydrogen (secondary N) is 3. The lowest BCUT2D eigenvalue weighted by atomic mass is 9.89. The summed E-state index contributed by atoms with van der Waals surface area (Å²) in [4.78, 5) is 79.6. The van der Waals surface area contributed by atoms with Crippen molar-refractivity contribution in [3.8, 4) is 67.9 Å². The van der Waals surface area contributed by atoms with Gasteiger partial charge in [0.05, 0.1) is 71.4 Å². The number of hydrogen-bond donors (Lipinski definition) is 5. The molecule has 0 bridgehead atoms. The average molecular weight is 1220 g/mol. The Morgan fingerprint density at radius 1 is 0.477 bits per heavy atom. The van der Waals surface area contributed by atoms with Crippen molar-refractivity contribution in [2.45, 2.75) is 90.0 Å². The van der Waals surface area contributed by atoms with Crippen LogP contribution in [0.2, 0.25) is 0 Å². The Morgan fingerprint density at radius 2 is 0.739 bits per heavy atom. The van der Waals surface area contributed by atoms with Gasteiger partial charge in [0, 0.05) is 138 Å². The van der Waals surface area contributed by atoms with E-state index in [1.165, 1.54) is 4.57 Å². The molecule has 0 aliphatic carbocycles. The van der Waals surface area contributed by atoms with Crippen LogP contribution in [-0.2, 0) is 94.1 Å². The van der Waals surface area contributed by atoms with E-state index in [1.807, 2.05) is 108 Å². The number of carboxylic acids is 1. The lowest BCUT2D eigenvalue weighted by molar-refractivity contribution is -0.139. The Balaban J connectivity index is 0.000000188. The number of nitrogens with two attached hydrogens (primary N) is 1. The van der Waals surface area contributed by atoms with Gasteiger partial charge < -0.3 is 78.3 Å². The Bertz CT molecular complexity index is 3540. The maximum Gasteiger partial charge on any atom is 0.321 e. The minimum absolute atomic E-state index is 0.0488. The predicted molar refractivity (Wildman–Crippen MR) is 338 cm³/mol. The smallest absolute Gasteiger partial charge is 0.321 e. The van der Waals surface area contributed by atoms with Gasteiger partial charge in [0.1, 0.15) is 46.3 Å². The van der Waals surface area contributed by atoms with Gasteiger partial charge >= 0.3 is 5.97 Å². The fourth-order valence-corrected chi connectivity index (χ4v) is 11.7. The molecule has 3 aliphatic rings. The van der Waals surface area contributed by atoms with Crippen LogP contribution in [0.4, 0.5) is 0 Å². The van der Waals surface area contributed by atoms with E-state index in [0.717, 1.165) is 89.8 Å². The molecule has 88 heavy (non-hydrogen) atoms. The van der Waals surface area contributed by atoms with Gasteiger partial charge in [-0.15, -0.1) is 0 Å². The number of carboxylic acid groups (broad SMARTS) is 1. The van der Waals surface area contributed by atoms with Crippen LogP contribution < -0.4 is 66.8 Å². The van der Waals surface area contributed by atoms with E-state index in [2.05, 4.69) is 20.9 Å². The zero-order chi connectivity index (χ0) is 64.6. The summed E-state index contributed by atoms with van der Waals surface area (Å²) in [5.74, 6) is 3.02. The second kappa shape index (κ2) is 29.1. The molecule has 9 rings (SSSR count). The third-order valence-electron chi connectivity index (χ3n) is 16.1. The molecule has 3 unspecified atom stereocenters. The second-order valence-electron chi connectivity index (χ2n) is 23.0. The van der Waals surface area contributed by atoms with Gasteiger partial charge in [0.15, 0.2) is 0 Å². The molecule has 3 aliphatic heterocycles. The van der Waals surface area contributed by atoms with Crippen LogP contribution >= 0.6 is 0 Å². The highest BCUT2D eigenvalue weighted by molar-refractivity contribution is 5.85. The number of rotatable bonds is 19. The van der Waals surface area contributed by atoms with Crippen LogP contribution in [-0.4, -0.2) is 154 Å². The summed E-state index contributed by atoms with van der Waals surface area (Å²) in [6, 6.07) is 10.2. The Morgan fingerprint density at radius 3 is 0.989 bits per heavy atom. The number of pyridine rings is 3. The summed E-state index contributed by atoms with van der Waals surface area (Å²) in [6.45, 7) is 5.02. The fourth-order valence-electron chi connectivity index (χ4n) is 11.7. The number of carbonyl (C=O) groups excluding carboxylic acids is 2. The number of aromatic nitrogens is 3. The van der Waals surface area contributed by atoms with Crippen molar-refractivity contribution in [1.82, 2.24) is 44.4 Å². The highest BCUT2D eigenvalue weighted by Crippen LogP contribution is 2.41. The monoisotopic (exact) mass is 1210 g/mol. The molecular weight excluding hydrogens is 1130 g/mol. The van der Waals surface area contributed by atoms with Crippen LogP contribution in [0.15, 0.2) is 69.4 Å². The molecule has 1 amide bonds. The molecule has 6 N–H and O–H groups in total. The van der Waals surface area contributed by atoms with E-state index >= 15 is 0 Å². The highest BCUT2D eigenvalue weighted by atomic mass is 16.5.